The Morgan fingerprint density at radius 2 is 2.21 bits per heavy atom. The molecule has 1 aliphatic carbocycles. The Kier molecular flexibility index (Phi) is 3.54. The molecule has 0 spiro atoms. The maximum absolute atomic E-state index is 13.6. The van der Waals surface area contributed by atoms with Crippen LogP contribution in [0.1, 0.15) is 24.8 Å². The van der Waals surface area contributed by atoms with E-state index >= 15 is 0 Å². The lowest BCUT2D eigenvalue weighted by Gasteiger charge is -2.33. The van der Waals surface area contributed by atoms with Crippen molar-refractivity contribution in [1.29, 1.82) is 0 Å². The largest absolute Gasteiger partial charge is 0.377 e. The van der Waals surface area contributed by atoms with Crippen LogP contribution in [0.2, 0.25) is 5.02 Å². The number of rotatable bonds is 4. The second-order valence-corrected chi connectivity index (χ2v) is 6.21. The van der Waals surface area contributed by atoms with E-state index in [0.717, 1.165) is 18.6 Å². The standard InChI is InChI=1S/C15H19ClFNO/c16-13-11(2-1-3-12(13)17)8-15(9-18)6-7-19-14(15)10-4-5-10/h1-3,10,14H,4-9,18H2. The van der Waals surface area contributed by atoms with Gasteiger partial charge >= 0.3 is 0 Å². The zero-order chi connectivity index (χ0) is 13.5. The highest BCUT2D eigenvalue weighted by Gasteiger charge is 2.50. The van der Waals surface area contributed by atoms with Gasteiger partial charge in [0.2, 0.25) is 0 Å². The van der Waals surface area contributed by atoms with Crippen molar-refractivity contribution in [2.75, 3.05) is 13.2 Å². The summed E-state index contributed by atoms with van der Waals surface area (Å²) in [5.41, 5.74) is 6.82. The first kappa shape index (κ1) is 13.3. The van der Waals surface area contributed by atoms with Gasteiger partial charge in [-0.15, -0.1) is 0 Å². The van der Waals surface area contributed by atoms with E-state index in [1.54, 1.807) is 6.07 Å². The number of benzene rings is 1. The third kappa shape index (κ3) is 2.39. The van der Waals surface area contributed by atoms with Crippen molar-refractivity contribution in [1.82, 2.24) is 0 Å². The Balaban J connectivity index is 1.88. The average molecular weight is 284 g/mol. The fourth-order valence-corrected chi connectivity index (χ4v) is 3.48. The zero-order valence-corrected chi connectivity index (χ0v) is 11.6. The van der Waals surface area contributed by atoms with E-state index in [0.29, 0.717) is 18.9 Å². The molecule has 2 fully saturated rings. The maximum Gasteiger partial charge on any atom is 0.142 e. The minimum absolute atomic E-state index is 0.0708. The highest BCUT2D eigenvalue weighted by Crippen LogP contribution is 2.49. The summed E-state index contributed by atoms with van der Waals surface area (Å²) < 4.78 is 19.5. The van der Waals surface area contributed by atoms with Gasteiger partial charge in [0.25, 0.3) is 0 Å². The van der Waals surface area contributed by atoms with Crippen LogP contribution in [0.3, 0.4) is 0 Å². The molecule has 2 atom stereocenters. The normalized spacial score (nSPS) is 30.8. The van der Waals surface area contributed by atoms with Gasteiger partial charge in [0.15, 0.2) is 0 Å². The molecule has 0 amide bonds. The van der Waals surface area contributed by atoms with E-state index in [1.165, 1.54) is 18.9 Å². The Morgan fingerprint density at radius 1 is 1.42 bits per heavy atom. The third-order valence-electron chi connectivity index (χ3n) is 4.53. The van der Waals surface area contributed by atoms with Crippen LogP contribution in [0.25, 0.3) is 0 Å². The van der Waals surface area contributed by atoms with Gasteiger partial charge in [-0.1, -0.05) is 23.7 Å². The molecular formula is C15H19ClFNO. The number of hydrogen-bond donors (Lipinski definition) is 1. The van der Waals surface area contributed by atoms with Crippen LogP contribution in [-0.4, -0.2) is 19.3 Å². The van der Waals surface area contributed by atoms with Gasteiger partial charge in [-0.05, 0) is 43.2 Å². The first-order valence-electron chi connectivity index (χ1n) is 6.91. The summed E-state index contributed by atoms with van der Waals surface area (Å²) in [6.07, 6.45) is 4.32. The Bertz CT molecular complexity index is 477. The second kappa shape index (κ2) is 5.04. The van der Waals surface area contributed by atoms with Crippen LogP contribution in [0.15, 0.2) is 18.2 Å². The Hall–Kier alpha value is -0.640. The molecule has 1 aromatic rings. The molecule has 1 saturated heterocycles. The molecule has 4 heteroatoms. The van der Waals surface area contributed by atoms with Crippen LogP contribution >= 0.6 is 11.6 Å². The van der Waals surface area contributed by atoms with Crippen LogP contribution in [0.4, 0.5) is 4.39 Å². The van der Waals surface area contributed by atoms with Gasteiger partial charge in [0, 0.05) is 18.6 Å². The summed E-state index contributed by atoms with van der Waals surface area (Å²) in [4.78, 5) is 0. The van der Waals surface area contributed by atoms with Crippen molar-refractivity contribution in [3.63, 3.8) is 0 Å². The number of hydrogen-bond acceptors (Lipinski definition) is 2. The highest BCUT2D eigenvalue weighted by atomic mass is 35.5. The molecule has 0 bridgehead atoms. The second-order valence-electron chi connectivity index (χ2n) is 5.84. The van der Waals surface area contributed by atoms with Crippen molar-refractivity contribution < 1.29 is 9.13 Å². The van der Waals surface area contributed by atoms with Crippen LogP contribution in [-0.2, 0) is 11.2 Å². The minimum Gasteiger partial charge on any atom is -0.377 e. The van der Waals surface area contributed by atoms with E-state index < -0.39 is 0 Å². The molecule has 1 aliphatic heterocycles. The summed E-state index contributed by atoms with van der Waals surface area (Å²) in [5, 5.41) is 0.233. The van der Waals surface area contributed by atoms with Gasteiger partial charge in [0.05, 0.1) is 11.1 Å². The lowest BCUT2D eigenvalue weighted by Crippen LogP contribution is -2.41. The summed E-state index contributed by atoms with van der Waals surface area (Å²) in [6.45, 7) is 1.33. The molecular weight excluding hydrogens is 265 g/mol. The molecule has 0 radical (unpaired) electrons. The lowest BCUT2D eigenvalue weighted by atomic mass is 9.74. The van der Waals surface area contributed by atoms with E-state index in [-0.39, 0.29) is 22.4 Å². The van der Waals surface area contributed by atoms with Crippen LogP contribution in [0, 0.1) is 17.2 Å². The molecule has 1 heterocycles. The zero-order valence-electron chi connectivity index (χ0n) is 10.9. The van der Waals surface area contributed by atoms with Crippen LogP contribution < -0.4 is 5.73 Å². The predicted octanol–water partition coefficient (Wildman–Crippen LogP) is 3.17. The third-order valence-corrected chi connectivity index (χ3v) is 4.95. The molecule has 2 aliphatic rings. The van der Waals surface area contributed by atoms with Crippen molar-refractivity contribution in [2.45, 2.75) is 31.8 Å². The summed E-state index contributed by atoms with van der Waals surface area (Å²) >= 11 is 6.08. The molecule has 19 heavy (non-hydrogen) atoms. The fourth-order valence-electron chi connectivity index (χ4n) is 3.29. The van der Waals surface area contributed by atoms with Gasteiger partial charge in [-0.3, -0.25) is 0 Å². The van der Waals surface area contributed by atoms with Crippen molar-refractivity contribution >= 4 is 11.6 Å². The van der Waals surface area contributed by atoms with Crippen LogP contribution in [0.5, 0.6) is 0 Å². The first-order chi connectivity index (χ1) is 9.16. The number of halogens is 2. The lowest BCUT2D eigenvalue weighted by molar-refractivity contribution is 0.0345. The van der Waals surface area contributed by atoms with E-state index in [4.69, 9.17) is 22.1 Å². The molecule has 1 saturated carbocycles. The fraction of sp³-hybridized carbons (Fsp3) is 0.600. The molecule has 2 N–H and O–H groups in total. The summed E-state index contributed by atoms with van der Waals surface area (Å²) in [5.74, 6) is 0.284. The molecule has 0 aromatic heterocycles. The molecule has 1 aromatic carbocycles. The highest BCUT2D eigenvalue weighted by molar-refractivity contribution is 6.31. The number of ether oxygens (including phenoxy) is 1. The summed E-state index contributed by atoms with van der Waals surface area (Å²) in [6, 6.07) is 5.00. The smallest absolute Gasteiger partial charge is 0.142 e. The quantitative estimate of drug-likeness (QED) is 0.921. The molecule has 3 rings (SSSR count). The van der Waals surface area contributed by atoms with E-state index in [9.17, 15) is 4.39 Å². The summed E-state index contributed by atoms with van der Waals surface area (Å²) in [7, 11) is 0. The Morgan fingerprint density at radius 3 is 2.89 bits per heavy atom. The average Bonchev–Trinajstić information content (AvgIpc) is 3.17. The molecule has 104 valence electrons. The Labute approximate surface area is 118 Å². The topological polar surface area (TPSA) is 35.2 Å². The van der Waals surface area contributed by atoms with Crippen molar-refractivity contribution in [3.8, 4) is 0 Å². The molecule has 2 nitrogen and oxygen atoms in total. The predicted molar refractivity (Wildman–Crippen MR) is 73.7 cm³/mol. The first-order valence-corrected chi connectivity index (χ1v) is 7.29. The number of nitrogens with two attached hydrogens (primary N) is 1. The van der Waals surface area contributed by atoms with Crippen molar-refractivity contribution in [3.05, 3.63) is 34.6 Å². The van der Waals surface area contributed by atoms with Gasteiger partial charge in [0.1, 0.15) is 5.82 Å². The maximum atomic E-state index is 13.6. The van der Waals surface area contributed by atoms with Gasteiger partial charge in [-0.2, -0.15) is 0 Å². The van der Waals surface area contributed by atoms with Gasteiger partial charge < -0.3 is 10.5 Å². The van der Waals surface area contributed by atoms with E-state index in [1.807, 2.05) is 6.07 Å². The van der Waals surface area contributed by atoms with E-state index in [2.05, 4.69) is 0 Å². The SMILES string of the molecule is NCC1(Cc2cccc(F)c2Cl)CCOC1C1CC1. The van der Waals surface area contributed by atoms with Crippen molar-refractivity contribution in [2.24, 2.45) is 17.1 Å². The molecule has 2 unspecified atom stereocenters. The van der Waals surface area contributed by atoms with Gasteiger partial charge in [-0.25, -0.2) is 4.39 Å². The monoisotopic (exact) mass is 283 g/mol. The minimum atomic E-state index is -0.353.